The van der Waals surface area contributed by atoms with E-state index in [9.17, 15) is 22.8 Å². The Balaban J connectivity index is 1.64. The molecule has 2 heterocycles. The van der Waals surface area contributed by atoms with Crippen LogP contribution >= 0.6 is 0 Å². The van der Waals surface area contributed by atoms with Crippen molar-refractivity contribution >= 4 is 23.2 Å². The molecule has 2 aromatic carbocycles. The molecule has 2 amide bonds. The quantitative estimate of drug-likeness (QED) is 0.629. The molecule has 0 aliphatic carbocycles. The van der Waals surface area contributed by atoms with Gasteiger partial charge in [0.15, 0.2) is 0 Å². The molecular formula is C23H19F3N4O2. The van der Waals surface area contributed by atoms with Gasteiger partial charge in [-0.2, -0.15) is 13.2 Å². The predicted octanol–water partition coefficient (Wildman–Crippen LogP) is 4.85. The highest BCUT2D eigenvalue weighted by Gasteiger charge is 2.33. The Labute approximate surface area is 182 Å². The van der Waals surface area contributed by atoms with Gasteiger partial charge in [-0.05, 0) is 49.7 Å². The third-order valence-corrected chi connectivity index (χ3v) is 5.08. The van der Waals surface area contributed by atoms with Gasteiger partial charge in [-0.3, -0.25) is 9.59 Å². The molecule has 9 heteroatoms. The van der Waals surface area contributed by atoms with Crippen molar-refractivity contribution in [3.8, 4) is 11.3 Å². The van der Waals surface area contributed by atoms with E-state index in [-0.39, 0.29) is 23.6 Å². The molecule has 1 aromatic heterocycles. The highest BCUT2D eigenvalue weighted by atomic mass is 19.4. The van der Waals surface area contributed by atoms with Crippen LogP contribution in [0.15, 0.2) is 54.7 Å². The van der Waals surface area contributed by atoms with Crippen molar-refractivity contribution in [2.24, 2.45) is 0 Å². The van der Waals surface area contributed by atoms with Gasteiger partial charge in [-0.15, -0.1) is 0 Å². The Bertz CT molecular complexity index is 1190. The number of rotatable bonds is 4. The summed E-state index contributed by atoms with van der Waals surface area (Å²) in [6, 6.07) is 11.5. The Morgan fingerprint density at radius 2 is 1.94 bits per heavy atom. The molecule has 6 nitrogen and oxygen atoms in total. The van der Waals surface area contributed by atoms with E-state index in [0.717, 1.165) is 17.7 Å². The van der Waals surface area contributed by atoms with E-state index in [1.54, 1.807) is 43.5 Å². The van der Waals surface area contributed by atoms with Gasteiger partial charge in [0.05, 0.1) is 11.3 Å². The number of anilines is 2. The molecule has 0 radical (unpaired) electrons. The molecule has 1 N–H and O–H groups in total. The van der Waals surface area contributed by atoms with Gasteiger partial charge < -0.3 is 10.2 Å². The van der Waals surface area contributed by atoms with Crippen LogP contribution < -0.4 is 10.2 Å². The van der Waals surface area contributed by atoms with Gasteiger partial charge in [0.1, 0.15) is 5.82 Å². The average Bonchev–Trinajstić information content (AvgIpc) is 3.19. The number of nitrogens with one attached hydrogen (secondary N) is 1. The van der Waals surface area contributed by atoms with Crippen LogP contribution in [0.25, 0.3) is 11.3 Å². The molecule has 1 aliphatic heterocycles. The summed E-state index contributed by atoms with van der Waals surface area (Å²) in [6.07, 6.45) is -2.20. The number of aromatic nitrogens is 2. The number of amides is 2. The van der Waals surface area contributed by atoms with Crippen molar-refractivity contribution in [2.75, 3.05) is 16.8 Å². The molecule has 164 valence electrons. The fraction of sp³-hybridized carbons (Fsp3) is 0.217. The Hall–Kier alpha value is -3.75. The summed E-state index contributed by atoms with van der Waals surface area (Å²) in [5.74, 6) is -0.381. The van der Waals surface area contributed by atoms with Crippen molar-refractivity contribution in [1.82, 2.24) is 9.97 Å². The van der Waals surface area contributed by atoms with Crippen LogP contribution in [0.4, 0.5) is 24.5 Å². The van der Waals surface area contributed by atoms with E-state index in [1.807, 2.05) is 0 Å². The Kier molecular flexibility index (Phi) is 5.65. The minimum Gasteiger partial charge on any atom is -0.322 e. The Morgan fingerprint density at radius 3 is 2.62 bits per heavy atom. The van der Waals surface area contributed by atoms with Crippen molar-refractivity contribution in [3.63, 3.8) is 0 Å². The monoisotopic (exact) mass is 440 g/mol. The van der Waals surface area contributed by atoms with E-state index in [1.165, 1.54) is 11.0 Å². The summed E-state index contributed by atoms with van der Waals surface area (Å²) in [4.78, 5) is 34.5. The van der Waals surface area contributed by atoms with E-state index in [2.05, 4.69) is 15.3 Å². The third-order valence-electron chi connectivity index (χ3n) is 5.08. The lowest BCUT2D eigenvalue weighted by molar-refractivity contribution is -0.137. The number of halogens is 3. The second-order valence-electron chi connectivity index (χ2n) is 7.44. The lowest BCUT2D eigenvalue weighted by Crippen LogP contribution is -2.25. The summed E-state index contributed by atoms with van der Waals surface area (Å²) in [7, 11) is 0. The van der Waals surface area contributed by atoms with Crippen LogP contribution in [-0.2, 0) is 11.0 Å². The number of hydrogen-bond donors (Lipinski definition) is 1. The topological polar surface area (TPSA) is 75.2 Å². The number of nitrogens with zero attached hydrogens (tertiary/aromatic N) is 3. The number of aryl methyl sites for hydroxylation is 1. The van der Waals surface area contributed by atoms with Crippen molar-refractivity contribution in [2.45, 2.75) is 25.9 Å². The molecule has 0 atom stereocenters. The molecule has 1 saturated heterocycles. The molecule has 0 saturated carbocycles. The number of carbonyl (C=O) groups is 2. The molecule has 0 spiro atoms. The first-order chi connectivity index (χ1) is 15.2. The second-order valence-corrected chi connectivity index (χ2v) is 7.44. The van der Waals surface area contributed by atoms with E-state index in [4.69, 9.17) is 0 Å². The molecule has 3 aromatic rings. The molecule has 4 rings (SSSR count). The first kappa shape index (κ1) is 21.5. The van der Waals surface area contributed by atoms with Crippen LogP contribution in [-0.4, -0.2) is 28.3 Å². The van der Waals surface area contributed by atoms with Crippen LogP contribution in [0, 0.1) is 6.92 Å². The van der Waals surface area contributed by atoms with Gasteiger partial charge >= 0.3 is 6.18 Å². The number of alkyl halides is 3. The maximum atomic E-state index is 13.4. The summed E-state index contributed by atoms with van der Waals surface area (Å²) >= 11 is 0. The predicted molar refractivity (Wildman–Crippen MR) is 113 cm³/mol. The molecule has 0 bridgehead atoms. The number of hydrogen-bond acceptors (Lipinski definition) is 4. The largest absolute Gasteiger partial charge is 0.416 e. The maximum absolute atomic E-state index is 13.4. The minimum absolute atomic E-state index is 0.0673. The first-order valence-corrected chi connectivity index (χ1v) is 9.95. The fourth-order valence-electron chi connectivity index (χ4n) is 3.56. The SMILES string of the molecule is Cc1nccc(-c2cccc(NC(=O)c3cc(N4CCCC4=O)cc(C(F)(F)F)c3)c2)n1. The van der Waals surface area contributed by atoms with Crippen LogP contribution in [0.1, 0.15) is 34.6 Å². The molecule has 1 aliphatic rings. The van der Waals surface area contributed by atoms with Crippen molar-refractivity contribution < 1.29 is 22.8 Å². The third kappa shape index (κ3) is 4.61. The molecule has 0 unspecified atom stereocenters. The summed E-state index contributed by atoms with van der Waals surface area (Å²) in [6.45, 7) is 2.08. The number of benzene rings is 2. The maximum Gasteiger partial charge on any atom is 0.416 e. The standard InChI is InChI=1S/C23H19F3N4O2/c1-14-27-8-7-20(28-14)15-4-2-5-18(11-15)29-22(32)16-10-17(23(24,25)26)13-19(12-16)30-9-3-6-21(30)31/h2,4-5,7-8,10-13H,3,6,9H2,1H3,(H,29,32). The van der Waals surface area contributed by atoms with Gasteiger partial charge in [-0.25, -0.2) is 9.97 Å². The highest BCUT2D eigenvalue weighted by Crippen LogP contribution is 2.34. The highest BCUT2D eigenvalue weighted by molar-refractivity contribution is 6.06. The van der Waals surface area contributed by atoms with Crippen molar-refractivity contribution in [1.29, 1.82) is 0 Å². The summed E-state index contributed by atoms with van der Waals surface area (Å²) < 4.78 is 40.3. The normalized spacial score (nSPS) is 14.0. The van der Waals surface area contributed by atoms with Crippen LogP contribution in [0.5, 0.6) is 0 Å². The zero-order chi connectivity index (χ0) is 22.9. The minimum atomic E-state index is -4.65. The van der Waals surface area contributed by atoms with Crippen molar-refractivity contribution in [3.05, 3.63) is 71.7 Å². The van der Waals surface area contributed by atoms with E-state index >= 15 is 0 Å². The van der Waals surface area contributed by atoms with Gasteiger partial charge in [0, 0.05) is 41.7 Å². The fourth-order valence-corrected chi connectivity index (χ4v) is 3.56. The van der Waals surface area contributed by atoms with E-state index < -0.39 is 17.6 Å². The van der Waals surface area contributed by atoms with Crippen LogP contribution in [0.3, 0.4) is 0 Å². The smallest absolute Gasteiger partial charge is 0.322 e. The second kappa shape index (κ2) is 8.41. The zero-order valence-electron chi connectivity index (χ0n) is 17.1. The van der Waals surface area contributed by atoms with Gasteiger partial charge in [0.25, 0.3) is 5.91 Å². The van der Waals surface area contributed by atoms with Gasteiger partial charge in [-0.1, -0.05) is 12.1 Å². The average molecular weight is 440 g/mol. The summed E-state index contributed by atoms with van der Waals surface area (Å²) in [5, 5.41) is 2.64. The molecule has 32 heavy (non-hydrogen) atoms. The zero-order valence-corrected chi connectivity index (χ0v) is 17.1. The first-order valence-electron chi connectivity index (χ1n) is 9.95. The lowest BCUT2D eigenvalue weighted by Gasteiger charge is -2.19. The Morgan fingerprint density at radius 1 is 1.12 bits per heavy atom. The molecular weight excluding hydrogens is 421 g/mol. The van der Waals surface area contributed by atoms with Crippen LogP contribution in [0.2, 0.25) is 0 Å². The molecule has 1 fully saturated rings. The van der Waals surface area contributed by atoms with E-state index in [0.29, 0.717) is 30.2 Å². The summed E-state index contributed by atoms with van der Waals surface area (Å²) in [5.41, 5.74) is 0.684. The lowest BCUT2D eigenvalue weighted by atomic mass is 10.1. The number of carbonyl (C=O) groups excluding carboxylic acids is 2. The van der Waals surface area contributed by atoms with Gasteiger partial charge in [0.2, 0.25) is 5.91 Å².